The van der Waals surface area contributed by atoms with E-state index in [9.17, 15) is 9.90 Å². The van der Waals surface area contributed by atoms with Crippen LogP contribution in [0, 0.1) is 0 Å². The average Bonchev–Trinajstić information content (AvgIpc) is 2.41. The third-order valence-corrected chi connectivity index (χ3v) is 4.22. The van der Waals surface area contributed by atoms with E-state index in [4.69, 9.17) is 4.74 Å². The van der Waals surface area contributed by atoms with Crippen LogP contribution in [0.5, 0.6) is 5.75 Å². The molecule has 1 aromatic rings. The molecule has 108 valence electrons. The van der Waals surface area contributed by atoms with Gasteiger partial charge in [-0.05, 0) is 32.8 Å². The lowest BCUT2D eigenvalue weighted by molar-refractivity contribution is -0.147. The first-order chi connectivity index (χ1) is 9.50. The number of piperidine rings is 1. The van der Waals surface area contributed by atoms with Crippen LogP contribution in [-0.2, 0) is 4.79 Å². The molecule has 3 heterocycles. The van der Waals surface area contributed by atoms with Gasteiger partial charge in [0.25, 0.3) is 0 Å². The Morgan fingerprint density at radius 2 is 2.25 bits per heavy atom. The number of amides is 1. The third-order valence-electron chi connectivity index (χ3n) is 4.22. The number of aliphatic hydroxyl groups excluding tert-OH is 1. The number of hydrogen-bond donors (Lipinski definition) is 1. The zero-order chi connectivity index (χ0) is 14.3. The summed E-state index contributed by atoms with van der Waals surface area (Å²) in [6, 6.07) is 1.49. The smallest absolute Gasteiger partial charge is 0.223 e. The number of aromatic nitrogens is 1. The molecule has 0 aliphatic carbocycles. The van der Waals surface area contributed by atoms with Crippen molar-refractivity contribution in [1.82, 2.24) is 9.88 Å². The predicted octanol–water partition coefficient (Wildman–Crippen LogP) is 1.67. The molecule has 1 saturated heterocycles. The number of rotatable bonds is 1. The minimum absolute atomic E-state index is 0.112. The Morgan fingerprint density at radius 3 is 3.00 bits per heavy atom. The van der Waals surface area contributed by atoms with Crippen molar-refractivity contribution in [2.75, 3.05) is 6.54 Å². The van der Waals surface area contributed by atoms with Crippen LogP contribution < -0.4 is 4.74 Å². The van der Waals surface area contributed by atoms with Gasteiger partial charge in [-0.3, -0.25) is 9.78 Å². The normalized spacial score (nSPS) is 28.8. The number of nitrogens with zero attached hydrogens (tertiary/aromatic N) is 2. The number of likely N-dealkylation sites (tertiary alicyclic amines) is 1. The Labute approximate surface area is 118 Å². The minimum Gasteiger partial charge on any atom is -0.483 e. The van der Waals surface area contributed by atoms with E-state index in [1.165, 1.54) is 0 Å². The maximum absolute atomic E-state index is 12.2. The highest BCUT2D eigenvalue weighted by Crippen LogP contribution is 2.43. The average molecular weight is 276 g/mol. The fraction of sp³-hybridized carbons (Fsp3) is 0.600. The van der Waals surface area contributed by atoms with Crippen LogP contribution in [0.2, 0.25) is 0 Å². The number of ether oxygens (including phenoxy) is 1. The van der Waals surface area contributed by atoms with Gasteiger partial charge in [0.1, 0.15) is 17.5 Å². The van der Waals surface area contributed by atoms with Crippen molar-refractivity contribution in [2.45, 2.75) is 50.9 Å². The van der Waals surface area contributed by atoms with Gasteiger partial charge >= 0.3 is 0 Å². The van der Waals surface area contributed by atoms with Gasteiger partial charge < -0.3 is 14.7 Å². The van der Waals surface area contributed by atoms with Gasteiger partial charge in [-0.15, -0.1) is 0 Å². The van der Waals surface area contributed by atoms with E-state index in [1.54, 1.807) is 17.3 Å². The van der Waals surface area contributed by atoms with Crippen LogP contribution >= 0.6 is 0 Å². The molecule has 1 aromatic heterocycles. The van der Waals surface area contributed by atoms with Crippen LogP contribution in [0.25, 0.3) is 0 Å². The van der Waals surface area contributed by atoms with Crippen molar-refractivity contribution in [3.05, 3.63) is 24.0 Å². The molecule has 2 aliphatic heterocycles. The highest BCUT2D eigenvalue weighted by Gasteiger charge is 2.46. The van der Waals surface area contributed by atoms with E-state index in [1.807, 2.05) is 19.9 Å². The fourth-order valence-electron chi connectivity index (χ4n) is 3.07. The third kappa shape index (κ3) is 2.06. The number of carbonyl (C=O) groups is 1. The largest absolute Gasteiger partial charge is 0.483 e. The molecule has 0 bridgehead atoms. The molecule has 0 radical (unpaired) electrons. The Hall–Kier alpha value is -1.62. The van der Waals surface area contributed by atoms with Gasteiger partial charge in [-0.1, -0.05) is 0 Å². The Kier molecular flexibility index (Phi) is 3.17. The summed E-state index contributed by atoms with van der Waals surface area (Å²) in [7, 11) is 0. The number of fused-ring (bicyclic) bond motifs is 1. The molecule has 0 spiro atoms. The molecule has 1 fully saturated rings. The quantitative estimate of drug-likeness (QED) is 0.847. The Balaban J connectivity index is 2.05. The molecule has 1 amide bonds. The van der Waals surface area contributed by atoms with E-state index in [-0.39, 0.29) is 11.9 Å². The van der Waals surface area contributed by atoms with Gasteiger partial charge in [0, 0.05) is 24.7 Å². The molecule has 0 saturated carbocycles. The first kappa shape index (κ1) is 13.4. The maximum atomic E-state index is 12.2. The van der Waals surface area contributed by atoms with Crippen LogP contribution in [0.3, 0.4) is 0 Å². The summed E-state index contributed by atoms with van der Waals surface area (Å²) in [6.45, 7) is 4.38. The summed E-state index contributed by atoms with van der Waals surface area (Å²) in [5, 5.41) is 10.7. The van der Waals surface area contributed by atoms with Gasteiger partial charge in [-0.2, -0.15) is 0 Å². The SMILES string of the molecule is CC1(C)Oc2cnccc2C(N2CCCCC2=O)C1O. The predicted molar refractivity (Wildman–Crippen MR) is 73.3 cm³/mol. The zero-order valence-corrected chi connectivity index (χ0v) is 11.9. The second kappa shape index (κ2) is 4.74. The van der Waals surface area contributed by atoms with E-state index < -0.39 is 11.7 Å². The molecule has 20 heavy (non-hydrogen) atoms. The Bertz CT molecular complexity index is 530. The Morgan fingerprint density at radius 1 is 1.45 bits per heavy atom. The van der Waals surface area contributed by atoms with Gasteiger partial charge in [0.05, 0.1) is 12.2 Å². The molecule has 5 nitrogen and oxygen atoms in total. The van der Waals surface area contributed by atoms with E-state index in [2.05, 4.69) is 4.98 Å². The fourth-order valence-corrected chi connectivity index (χ4v) is 3.07. The maximum Gasteiger partial charge on any atom is 0.223 e. The lowest BCUT2D eigenvalue weighted by Crippen LogP contribution is -2.55. The molecular formula is C15H20N2O3. The summed E-state index contributed by atoms with van der Waals surface area (Å²) in [5.41, 5.74) is 0.111. The van der Waals surface area contributed by atoms with Crippen molar-refractivity contribution in [2.24, 2.45) is 0 Å². The van der Waals surface area contributed by atoms with Gasteiger partial charge in [-0.25, -0.2) is 0 Å². The van der Waals surface area contributed by atoms with Crippen molar-refractivity contribution in [1.29, 1.82) is 0 Å². The molecule has 3 rings (SSSR count). The van der Waals surface area contributed by atoms with Crippen LogP contribution in [-0.4, -0.2) is 39.1 Å². The molecule has 2 unspecified atom stereocenters. The van der Waals surface area contributed by atoms with Gasteiger partial charge in [0.2, 0.25) is 5.91 Å². The molecule has 2 atom stereocenters. The summed E-state index contributed by atoms with van der Waals surface area (Å²) in [6.07, 6.45) is 5.06. The van der Waals surface area contributed by atoms with E-state index in [0.717, 1.165) is 18.4 Å². The number of pyridine rings is 1. The minimum atomic E-state index is -0.751. The molecule has 0 aromatic carbocycles. The second-order valence-corrected chi connectivity index (χ2v) is 6.05. The highest BCUT2D eigenvalue weighted by atomic mass is 16.5. The summed E-state index contributed by atoms with van der Waals surface area (Å²) < 4.78 is 5.84. The highest BCUT2D eigenvalue weighted by molar-refractivity contribution is 5.77. The van der Waals surface area contributed by atoms with Crippen molar-refractivity contribution in [3.8, 4) is 5.75 Å². The summed E-state index contributed by atoms with van der Waals surface area (Å²) in [4.78, 5) is 18.1. The molecule has 2 aliphatic rings. The monoisotopic (exact) mass is 276 g/mol. The number of hydrogen-bond acceptors (Lipinski definition) is 4. The first-order valence-electron chi connectivity index (χ1n) is 7.11. The number of aliphatic hydroxyl groups is 1. The van der Waals surface area contributed by atoms with Crippen LogP contribution in [0.15, 0.2) is 18.5 Å². The zero-order valence-electron chi connectivity index (χ0n) is 11.9. The lowest BCUT2D eigenvalue weighted by atomic mass is 9.85. The van der Waals surface area contributed by atoms with Crippen molar-refractivity contribution < 1.29 is 14.6 Å². The number of carbonyl (C=O) groups excluding carboxylic acids is 1. The topological polar surface area (TPSA) is 62.7 Å². The van der Waals surface area contributed by atoms with Crippen LogP contribution in [0.1, 0.15) is 44.7 Å². The second-order valence-electron chi connectivity index (χ2n) is 6.05. The summed E-state index contributed by atoms with van der Waals surface area (Å²) >= 11 is 0. The van der Waals surface area contributed by atoms with Gasteiger partial charge in [0.15, 0.2) is 0 Å². The van der Waals surface area contributed by atoms with Crippen molar-refractivity contribution in [3.63, 3.8) is 0 Å². The standard InChI is InChI=1S/C15H20N2O3/c1-15(2)14(19)13(17-8-4-3-5-12(17)18)10-6-7-16-9-11(10)20-15/h6-7,9,13-14,19H,3-5,8H2,1-2H3. The lowest BCUT2D eigenvalue weighted by Gasteiger charge is -2.47. The molecule has 1 N–H and O–H groups in total. The molecular weight excluding hydrogens is 256 g/mol. The first-order valence-corrected chi connectivity index (χ1v) is 7.11. The van der Waals surface area contributed by atoms with E-state index in [0.29, 0.717) is 18.7 Å². The summed E-state index contributed by atoms with van der Waals surface area (Å²) in [5.74, 6) is 0.770. The van der Waals surface area contributed by atoms with Crippen molar-refractivity contribution >= 4 is 5.91 Å². The van der Waals surface area contributed by atoms with E-state index >= 15 is 0 Å². The molecule has 5 heteroatoms. The van der Waals surface area contributed by atoms with Crippen LogP contribution in [0.4, 0.5) is 0 Å².